The normalized spacial score (nSPS) is 15.2. The van der Waals surface area contributed by atoms with Crippen LogP contribution in [0.15, 0.2) is 42.6 Å². The van der Waals surface area contributed by atoms with Crippen LogP contribution >= 0.6 is 0 Å². The number of piperidine rings is 1. The number of hydrogen-bond acceptors (Lipinski definition) is 3. The first-order valence-electron chi connectivity index (χ1n) is 8.43. The number of benzene rings is 1. The highest BCUT2D eigenvalue weighted by atomic mass is 19.1. The largest absolute Gasteiger partial charge is 0.317 e. The number of anilines is 1. The van der Waals surface area contributed by atoms with E-state index in [9.17, 15) is 9.18 Å². The van der Waals surface area contributed by atoms with Crippen LogP contribution in [0.2, 0.25) is 0 Å². The molecule has 126 valence electrons. The van der Waals surface area contributed by atoms with Gasteiger partial charge in [-0.3, -0.25) is 4.79 Å². The molecule has 0 aliphatic carbocycles. The fourth-order valence-electron chi connectivity index (χ4n) is 3.03. The highest BCUT2D eigenvalue weighted by Gasteiger charge is 2.13. The lowest BCUT2D eigenvalue weighted by atomic mass is 9.91. The summed E-state index contributed by atoms with van der Waals surface area (Å²) in [5, 5.41) is 6.16. The van der Waals surface area contributed by atoms with Crippen molar-refractivity contribution in [1.82, 2.24) is 10.3 Å². The van der Waals surface area contributed by atoms with E-state index in [4.69, 9.17) is 0 Å². The second-order valence-corrected chi connectivity index (χ2v) is 6.24. The van der Waals surface area contributed by atoms with Gasteiger partial charge in [-0.15, -0.1) is 0 Å². The van der Waals surface area contributed by atoms with Gasteiger partial charge in [-0.1, -0.05) is 0 Å². The molecule has 24 heavy (non-hydrogen) atoms. The number of carbonyl (C=O) groups excluding carboxylic acids is 1. The van der Waals surface area contributed by atoms with Gasteiger partial charge in [-0.05, 0) is 86.7 Å². The van der Waals surface area contributed by atoms with Crippen molar-refractivity contribution in [2.45, 2.75) is 25.7 Å². The SMILES string of the molecule is O=C(Nc1cc(CCC2CCNCC2)ccn1)c1ccc(F)cc1. The Bertz CT molecular complexity index is 681. The molecule has 0 spiro atoms. The molecule has 2 aromatic rings. The molecule has 0 atom stereocenters. The van der Waals surface area contributed by atoms with E-state index in [0.717, 1.165) is 31.8 Å². The van der Waals surface area contributed by atoms with E-state index in [1.54, 1.807) is 6.20 Å². The van der Waals surface area contributed by atoms with Gasteiger partial charge in [0.05, 0.1) is 0 Å². The summed E-state index contributed by atoms with van der Waals surface area (Å²) in [4.78, 5) is 16.4. The summed E-state index contributed by atoms with van der Waals surface area (Å²) in [6.07, 6.45) is 6.35. The molecule has 0 unspecified atom stereocenters. The van der Waals surface area contributed by atoms with Crippen LogP contribution in [-0.2, 0) is 6.42 Å². The molecule has 1 fully saturated rings. The Morgan fingerprint density at radius 2 is 1.96 bits per heavy atom. The third kappa shape index (κ3) is 4.61. The number of nitrogens with zero attached hydrogens (tertiary/aromatic N) is 1. The average Bonchev–Trinajstić information content (AvgIpc) is 2.62. The summed E-state index contributed by atoms with van der Waals surface area (Å²) < 4.78 is 12.9. The molecule has 2 heterocycles. The van der Waals surface area contributed by atoms with Crippen LogP contribution in [0.25, 0.3) is 0 Å². The predicted octanol–water partition coefficient (Wildman–Crippen LogP) is 3.41. The van der Waals surface area contributed by atoms with Crippen molar-refractivity contribution < 1.29 is 9.18 Å². The van der Waals surface area contributed by atoms with E-state index in [-0.39, 0.29) is 11.7 Å². The van der Waals surface area contributed by atoms with Crippen LogP contribution in [0.4, 0.5) is 10.2 Å². The third-order valence-corrected chi connectivity index (χ3v) is 4.47. The van der Waals surface area contributed by atoms with E-state index >= 15 is 0 Å². The van der Waals surface area contributed by atoms with E-state index in [1.165, 1.54) is 42.7 Å². The molecule has 1 saturated heterocycles. The number of rotatable bonds is 5. The zero-order chi connectivity index (χ0) is 16.8. The number of hydrogen-bond donors (Lipinski definition) is 2. The molecule has 1 aromatic carbocycles. The quantitative estimate of drug-likeness (QED) is 0.885. The van der Waals surface area contributed by atoms with Crippen molar-refractivity contribution in [2.24, 2.45) is 5.92 Å². The third-order valence-electron chi connectivity index (χ3n) is 4.47. The van der Waals surface area contributed by atoms with Crippen LogP contribution in [0.5, 0.6) is 0 Å². The highest BCUT2D eigenvalue weighted by molar-refractivity contribution is 6.03. The molecule has 4 nitrogen and oxygen atoms in total. The summed E-state index contributed by atoms with van der Waals surface area (Å²) >= 11 is 0. The molecular formula is C19H22FN3O. The van der Waals surface area contributed by atoms with Crippen LogP contribution in [0.3, 0.4) is 0 Å². The number of amides is 1. The number of aromatic nitrogens is 1. The Morgan fingerprint density at radius 1 is 1.21 bits per heavy atom. The number of nitrogens with one attached hydrogen (secondary N) is 2. The average molecular weight is 327 g/mol. The molecule has 5 heteroatoms. The van der Waals surface area contributed by atoms with Gasteiger partial charge >= 0.3 is 0 Å². The Hall–Kier alpha value is -2.27. The molecule has 0 bridgehead atoms. The summed E-state index contributed by atoms with van der Waals surface area (Å²) in [5.41, 5.74) is 1.59. The van der Waals surface area contributed by atoms with E-state index in [2.05, 4.69) is 15.6 Å². The molecule has 1 aliphatic heterocycles. The van der Waals surface area contributed by atoms with Gasteiger partial charge in [-0.25, -0.2) is 9.37 Å². The summed E-state index contributed by atoms with van der Waals surface area (Å²) in [6, 6.07) is 9.39. The first-order chi connectivity index (χ1) is 11.7. The van der Waals surface area contributed by atoms with Crippen molar-refractivity contribution in [1.29, 1.82) is 0 Å². The lowest BCUT2D eigenvalue weighted by Gasteiger charge is -2.22. The smallest absolute Gasteiger partial charge is 0.256 e. The van der Waals surface area contributed by atoms with Crippen molar-refractivity contribution in [3.05, 3.63) is 59.5 Å². The van der Waals surface area contributed by atoms with Crippen molar-refractivity contribution in [3.8, 4) is 0 Å². The van der Waals surface area contributed by atoms with Crippen molar-refractivity contribution in [2.75, 3.05) is 18.4 Å². The maximum Gasteiger partial charge on any atom is 0.256 e. The van der Waals surface area contributed by atoms with E-state index in [0.29, 0.717) is 11.4 Å². The zero-order valence-corrected chi connectivity index (χ0v) is 13.6. The van der Waals surface area contributed by atoms with Crippen LogP contribution in [-0.4, -0.2) is 24.0 Å². The van der Waals surface area contributed by atoms with Gasteiger partial charge in [0.15, 0.2) is 0 Å². The Kier molecular flexibility index (Phi) is 5.54. The van der Waals surface area contributed by atoms with Gasteiger partial charge in [0.1, 0.15) is 11.6 Å². The van der Waals surface area contributed by atoms with E-state index in [1.807, 2.05) is 12.1 Å². The van der Waals surface area contributed by atoms with Gasteiger partial charge in [0.2, 0.25) is 0 Å². The number of aryl methyl sites for hydroxylation is 1. The van der Waals surface area contributed by atoms with E-state index < -0.39 is 0 Å². The van der Waals surface area contributed by atoms with Gasteiger partial charge in [0, 0.05) is 11.8 Å². The minimum absolute atomic E-state index is 0.280. The maximum absolute atomic E-state index is 12.9. The molecule has 1 amide bonds. The maximum atomic E-state index is 12.9. The zero-order valence-electron chi connectivity index (χ0n) is 13.6. The lowest BCUT2D eigenvalue weighted by Crippen LogP contribution is -2.27. The molecular weight excluding hydrogens is 305 g/mol. The predicted molar refractivity (Wildman–Crippen MR) is 92.5 cm³/mol. The topological polar surface area (TPSA) is 54.0 Å². The Labute approximate surface area is 141 Å². The second kappa shape index (κ2) is 8.02. The number of pyridine rings is 1. The lowest BCUT2D eigenvalue weighted by molar-refractivity contribution is 0.102. The summed E-state index contributed by atoms with van der Waals surface area (Å²) in [7, 11) is 0. The van der Waals surface area contributed by atoms with Crippen LogP contribution < -0.4 is 10.6 Å². The molecule has 1 aromatic heterocycles. The van der Waals surface area contributed by atoms with Crippen molar-refractivity contribution in [3.63, 3.8) is 0 Å². The van der Waals surface area contributed by atoms with Gasteiger partial charge in [0.25, 0.3) is 5.91 Å². The summed E-state index contributed by atoms with van der Waals surface area (Å²) in [5.74, 6) is 0.673. The van der Waals surface area contributed by atoms with Gasteiger partial charge in [-0.2, -0.15) is 0 Å². The molecule has 2 N–H and O–H groups in total. The number of carbonyl (C=O) groups is 1. The monoisotopic (exact) mass is 327 g/mol. The molecule has 1 aliphatic rings. The highest BCUT2D eigenvalue weighted by Crippen LogP contribution is 2.19. The Balaban J connectivity index is 1.58. The van der Waals surface area contributed by atoms with Crippen molar-refractivity contribution >= 4 is 11.7 Å². The standard InChI is InChI=1S/C19H22FN3O/c20-17-5-3-16(4-6-17)19(24)23-18-13-15(9-12-22-18)2-1-14-7-10-21-11-8-14/h3-6,9,12-14,21H,1-2,7-8,10-11H2,(H,22,23,24). The second-order valence-electron chi connectivity index (χ2n) is 6.24. The molecule has 0 saturated carbocycles. The fourth-order valence-corrected chi connectivity index (χ4v) is 3.03. The van der Waals surface area contributed by atoms with Crippen LogP contribution in [0, 0.1) is 11.7 Å². The molecule has 0 radical (unpaired) electrons. The summed E-state index contributed by atoms with van der Waals surface area (Å²) in [6.45, 7) is 2.22. The van der Waals surface area contributed by atoms with Gasteiger partial charge < -0.3 is 10.6 Å². The Morgan fingerprint density at radius 3 is 2.71 bits per heavy atom. The first-order valence-corrected chi connectivity index (χ1v) is 8.43. The van der Waals surface area contributed by atoms with Crippen LogP contribution in [0.1, 0.15) is 35.2 Å². The minimum Gasteiger partial charge on any atom is -0.317 e. The number of halogens is 1. The first kappa shape index (κ1) is 16.6. The molecule has 3 rings (SSSR count). The minimum atomic E-state index is -0.357. The fraction of sp³-hybridized carbons (Fsp3) is 0.368.